The van der Waals surface area contributed by atoms with Crippen molar-refractivity contribution in [2.75, 3.05) is 0 Å². The molecule has 0 saturated heterocycles. The van der Waals surface area contributed by atoms with E-state index in [2.05, 4.69) is 146 Å². The van der Waals surface area contributed by atoms with Gasteiger partial charge in [-0.2, -0.15) is 0 Å². The highest BCUT2D eigenvalue weighted by Gasteiger charge is 2.21. The summed E-state index contributed by atoms with van der Waals surface area (Å²) in [5.74, 6) is 0. The molecule has 0 amide bonds. The zero-order valence-electron chi connectivity index (χ0n) is 23.3. The van der Waals surface area contributed by atoms with Crippen molar-refractivity contribution in [1.82, 2.24) is 0 Å². The largest absolute Gasteiger partial charge is 0.0888 e. The first kappa shape index (κ1) is 23.5. The molecule has 9 aromatic carbocycles. The van der Waals surface area contributed by atoms with E-state index in [1.807, 2.05) is 11.8 Å². The average molecular weight is 561 g/mol. The van der Waals surface area contributed by atoms with E-state index in [9.17, 15) is 0 Å². The molecule has 0 radical (unpaired) electrons. The Hall–Kier alpha value is -5.11. The highest BCUT2D eigenvalue weighted by molar-refractivity contribution is 7.99. The van der Waals surface area contributed by atoms with Crippen molar-refractivity contribution in [3.05, 3.63) is 146 Å². The molecule has 10 rings (SSSR count). The Morgan fingerprint density at radius 2 is 0.860 bits per heavy atom. The van der Waals surface area contributed by atoms with E-state index >= 15 is 0 Å². The summed E-state index contributed by atoms with van der Waals surface area (Å²) < 4.78 is 0. The minimum absolute atomic E-state index is 1.26. The smallest absolute Gasteiger partial charge is 0.0207 e. The van der Waals surface area contributed by atoms with Gasteiger partial charge in [0.25, 0.3) is 0 Å². The maximum absolute atomic E-state index is 2.42. The highest BCUT2D eigenvalue weighted by atomic mass is 32.2. The second-order valence-corrected chi connectivity index (χ2v) is 12.7. The third kappa shape index (κ3) is 3.29. The SMILES string of the molecule is c1cc2c3c(cccc3c1)-c1cc(-c3cccc4cccc(-c5ccc6ccc7cccc8ccc5c6c78)c34)ccc1S2. The Labute approximate surface area is 253 Å². The van der Waals surface area contributed by atoms with E-state index in [1.54, 1.807) is 0 Å². The van der Waals surface area contributed by atoms with Crippen LogP contribution in [0.3, 0.4) is 0 Å². The van der Waals surface area contributed by atoms with Crippen LogP contribution in [0.25, 0.3) is 87.2 Å². The van der Waals surface area contributed by atoms with Crippen LogP contribution in [-0.4, -0.2) is 0 Å². The minimum Gasteiger partial charge on any atom is -0.0888 e. The molecule has 0 atom stereocenters. The third-order valence-corrected chi connectivity index (χ3v) is 10.5. The Kier molecular flexibility index (Phi) is 4.75. The highest BCUT2D eigenvalue weighted by Crippen LogP contribution is 2.50. The maximum atomic E-state index is 2.42. The molecule has 198 valence electrons. The zero-order chi connectivity index (χ0) is 28.1. The molecule has 0 fully saturated rings. The van der Waals surface area contributed by atoms with Crippen molar-refractivity contribution in [2.45, 2.75) is 9.79 Å². The standard InChI is InChI=1S/C42H24S/c1-6-27-16-17-29-18-21-32(35-22-19-28(7-1)39(27)42(29)35)33-13-3-9-25-8-2-12-31(40(25)33)30-20-23-37-36(24-30)34-14-4-10-26-11-5-15-38(43-37)41(26)34/h1-24H. The molecule has 0 saturated carbocycles. The molecule has 9 aromatic rings. The van der Waals surface area contributed by atoms with Gasteiger partial charge in [-0.3, -0.25) is 0 Å². The van der Waals surface area contributed by atoms with Gasteiger partial charge >= 0.3 is 0 Å². The summed E-state index contributed by atoms with van der Waals surface area (Å²) in [4.78, 5) is 2.66. The summed E-state index contributed by atoms with van der Waals surface area (Å²) in [5, 5.41) is 13.2. The van der Waals surface area contributed by atoms with Crippen LogP contribution in [0.4, 0.5) is 0 Å². The van der Waals surface area contributed by atoms with Gasteiger partial charge in [-0.15, -0.1) is 0 Å². The van der Waals surface area contributed by atoms with E-state index in [0.717, 1.165) is 0 Å². The van der Waals surface area contributed by atoms with E-state index in [-0.39, 0.29) is 0 Å². The first-order valence-electron chi connectivity index (χ1n) is 14.8. The summed E-state index contributed by atoms with van der Waals surface area (Å²) in [6.45, 7) is 0. The van der Waals surface area contributed by atoms with E-state index in [1.165, 1.54) is 97.0 Å². The molecule has 0 bridgehead atoms. The summed E-state index contributed by atoms with van der Waals surface area (Å²) in [6.07, 6.45) is 0. The van der Waals surface area contributed by atoms with Crippen molar-refractivity contribution in [3.63, 3.8) is 0 Å². The average Bonchev–Trinajstić information content (AvgIpc) is 3.07. The van der Waals surface area contributed by atoms with Gasteiger partial charge in [0.1, 0.15) is 0 Å². The lowest BCUT2D eigenvalue weighted by atomic mass is 9.86. The van der Waals surface area contributed by atoms with Crippen LogP contribution >= 0.6 is 11.8 Å². The lowest BCUT2D eigenvalue weighted by molar-refractivity contribution is 1.40. The monoisotopic (exact) mass is 560 g/mol. The molecule has 0 aliphatic carbocycles. The first-order chi connectivity index (χ1) is 21.3. The van der Waals surface area contributed by atoms with Crippen LogP contribution in [0.1, 0.15) is 0 Å². The lowest BCUT2D eigenvalue weighted by Crippen LogP contribution is -1.94. The van der Waals surface area contributed by atoms with E-state index < -0.39 is 0 Å². The van der Waals surface area contributed by atoms with Gasteiger partial charge < -0.3 is 0 Å². The topological polar surface area (TPSA) is 0 Å². The lowest BCUT2D eigenvalue weighted by Gasteiger charge is -2.21. The summed E-state index contributed by atoms with van der Waals surface area (Å²) in [6, 6.07) is 54.3. The second-order valence-electron chi connectivity index (χ2n) is 11.7. The first-order valence-corrected chi connectivity index (χ1v) is 15.7. The predicted octanol–water partition coefficient (Wildman–Crippen LogP) is 12.4. The van der Waals surface area contributed by atoms with Crippen molar-refractivity contribution < 1.29 is 0 Å². The van der Waals surface area contributed by atoms with Gasteiger partial charge in [0, 0.05) is 15.2 Å². The van der Waals surface area contributed by atoms with Gasteiger partial charge in [-0.05, 0) is 100 Å². The predicted molar refractivity (Wildman–Crippen MR) is 186 cm³/mol. The maximum Gasteiger partial charge on any atom is 0.0207 e. The normalized spacial score (nSPS) is 12.6. The summed E-state index contributed by atoms with van der Waals surface area (Å²) in [5.41, 5.74) is 7.76. The molecule has 1 aliphatic rings. The molecule has 1 heterocycles. The number of benzene rings is 9. The molecule has 43 heavy (non-hydrogen) atoms. The van der Waals surface area contributed by atoms with Gasteiger partial charge in [0.05, 0.1) is 0 Å². The van der Waals surface area contributed by atoms with Crippen LogP contribution in [0.2, 0.25) is 0 Å². The molecule has 0 unspecified atom stereocenters. The minimum atomic E-state index is 1.26. The quantitative estimate of drug-likeness (QED) is 0.190. The van der Waals surface area contributed by atoms with Crippen LogP contribution in [0, 0.1) is 0 Å². The number of hydrogen-bond acceptors (Lipinski definition) is 1. The van der Waals surface area contributed by atoms with Crippen molar-refractivity contribution in [1.29, 1.82) is 0 Å². The van der Waals surface area contributed by atoms with E-state index in [4.69, 9.17) is 0 Å². The second kappa shape index (κ2) is 8.70. The van der Waals surface area contributed by atoms with Crippen LogP contribution in [0.15, 0.2) is 155 Å². The Morgan fingerprint density at radius 3 is 1.63 bits per heavy atom. The summed E-state index contributed by atoms with van der Waals surface area (Å²) >= 11 is 1.89. The Bertz CT molecular complexity index is 2560. The van der Waals surface area contributed by atoms with Crippen molar-refractivity contribution in [3.8, 4) is 33.4 Å². The van der Waals surface area contributed by atoms with Crippen molar-refractivity contribution >= 4 is 65.6 Å². The zero-order valence-corrected chi connectivity index (χ0v) is 24.1. The van der Waals surface area contributed by atoms with E-state index in [0.29, 0.717) is 0 Å². The molecule has 0 nitrogen and oxygen atoms in total. The summed E-state index contributed by atoms with van der Waals surface area (Å²) in [7, 11) is 0. The molecule has 1 aliphatic heterocycles. The van der Waals surface area contributed by atoms with Gasteiger partial charge in [0.15, 0.2) is 0 Å². The van der Waals surface area contributed by atoms with Gasteiger partial charge in [-0.25, -0.2) is 0 Å². The van der Waals surface area contributed by atoms with Gasteiger partial charge in [-0.1, -0.05) is 139 Å². The van der Waals surface area contributed by atoms with Crippen LogP contribution in [-0.2, 0) is 0 Å². The van der Waals surface area contributed by atoms with Crippen LogP contribution in [0.5, 0.6) is 0 Å². The Morgan fingerprint density at radius 1 is 0.302 bits per heavy atom. The molecule has 0 spiro atoms. The molecular formula is C42H24S. The fraction of sp³-hybridized carbons (Fsp3) is 0. The number of fused-ring (bicyclic) bond motifs is 3. The number of hydrogen-bond donors (Lipinski definition) is 0. The fourth-order valence-electron chi connectivity index (χ4n) is 7.51. The molecule has 1 heteroatoms. The fourth-order valence-corrected chi connectivity index (χ4v) is 8.64. The molecule has 0 aromatic heterocycles. The third-order valence-electron chi connectivity index (χ3n) is 9.39. The van der Waals surface area contributed by atoms with Gasteiger partial charge in [0.2, 0.25) is 0 Å². The van der Waals surface area contributed by atoms with Crippen molar-refractivity contribution in [2.24, 2.45) is 0 Å². The molecule has 0 N–H and O–H groups in total. The van der Waals surface area contributed by atoms with Crippen LogP contribution < -0.4 is 0 Å². The molecular weight excluding hydrogens is 537 g/mol. The number of rotatable bonds is 2. The Balaban J connectivity index is 1.24.